The van der Waals surface area contributed by atoms with Crippen LogP contribution in [0.3, 0.4) is 0 Å². The highest BCUT2D eigenvalue weighted by Crippen LogP contribution is 2.28. The molecule has 2 aromatic rings. The second-order valence-electron chi connectivity index (χ2n) is 5.14. The molecule has 0 heterocycles. The lowest BCUT2D eigenvalue weighted by Crippen LogP contribution is -2.28. The van der Waals surface area contributed by atoms with Gasteiger partial charge in [0.05, 0.1) is 7.11 Å². The molecule has 2 rings (SSSR count). The fraction of sp³-hybridized carbons (Fsp3) is 0.333. The zero-order valence-electron chi connectivity index (χ0n) is 12.9. The van der Waals surface area contributed by atoms with Gasteiger partial charge in [-0.1, -0.05) is 29.8 Å². The molecule has 0 aliphatic rings. The highest BCUT2D eigenvalue weighted by Gasteiger charge is 2.17. The van der Waals surface area contributed by atoms with Gasteiger partial charge in [-0.25, -0.2) is 0 Å². The predicted molar refractivity (Wildman–Crippen MR) is 87.0 cm³/mol. The number of ether oxygens (including phenoxy) is 1. The molecular weight excluding hydrogens is 262 g/mol. The first-order chi connectivity index (χ1) is 10.2. The van der Waals surface area contributed by atoms with Gasteiger partial charge < -0.3 is 14.7 Å². The van der Waals surface area contributed by atoms with Crippen molar-refractivity contribution in [3.05, 3.63) is 59.7 Å². The van der Waals surface area contributed by atoms with Gasteiger partial charge in [0, 0.05) is 24.3 Å². The minimum Gasteiger partial charge on any atom is -0.496 e. The minimum absolute atomic E-state index is 0.542. The second-order valence-corrected chi connectivity index (χ2v) is 5.14. The Labute approximate surface area is 126 Å². The number of nitrogens with zero attached hydrogens (tertiary/aromatic N) is 1. The van der Waals surface area contributed by atoms with Gasteiger partial charge in [-0.3, -0.25) is 0 Å². The summed E-state index contributed by atoms with van der Waals surface area (Å²) in [6, 6.07) is 16.0. The van der Waals surface area contributed by atoms with Crippen molar-refractivity contribution in [3.63, 3.8) is 0 Å². The van der Waals surface area contributed by atoms with Gasteiger partial charge >= 0.3 is 0 Å². The van der Waals surface area contributed by atoms with Crippen LogP contribution >= 0.6 is 0 Å². The highest BCUT2D eigenvalue weighted by molar-refractivity contribution is 5.47. The number of aryl methyl sites for hydroxylation is 1. The maximum Gasteiger partial charge on any atom is 0.124 e. The van der Waals surface area contributed by atoms with Gasteiger partial charge in [0.15, 0.2) is 0 Å². The maximum atomic E-state index is 10.6. The van der Waals surface area contributed by atoms with E-state index in [0.29, 0.717) is 6.54 Å². The molecule has 1 N–H and O–H groups in total. The van der Waals surface area contributed by atoms with Crippen LogP contribution in [0.15, 0.2) is 48.5 Å². The quantitative estimate of drug-likeness (QED) is 0.881. The van der Waals surface area contributed by atoms with Crippen molar-refractivity contribution in [2.45, 2.75) is 20.0 Å². The van der Waals surface area contributed by atoms with Gasteiger partial charge in [0.1, 0.15) is 11.9 Å². The Morgan fingerprint density at radius 3 is 2.48 bits per heavy atom. The van der Waals surface area contributed by atoms with Crippen molar-refractivity contribution in [3.8, 4) is 5.75 Å². The van der Waals surface area contributed by atoms with E-state index in [4.69, 9.17) is 4.74 Å². The monoisotopic (exact) mass is 285 g/mol. The Kier molecular flexibility index (Phi) is 5.23. The van der Waals surface area contributed by atoms with Crippen molar-refractivity contribution < 1.29 is 9.84 Å². The van der Waals surface area contributed by atoms with E-state index in [9.17, 15) is 5.11 Å². The molecule has 0 aromatic heterocycles. The molecule has 0 saturated heterocycles. The molecule has 1 atom stereocenters. The van der Waals surface area contributed by atoms with Crippen molar-refractivity contribution in [2.24, 2.45) is 0 Å². The summed E-state index contributed by atoms with van der Waals surface area (Å²) in [5.41, 5.74) is 3.07. The molecule has 1 unspecified atom stereocenters. The third kappa shape index (κ3) is 3.76. The maximum absolute atomic E-state index is 10.6. The smallest absolute Gasteiger partial charge is 0.124 e. The van der Waals surface area contributed by atoms with Gasteiger partial charge in [-0.15, -0.1) is 0 Å². The molecule has 0 amide bonds. The van der Waals surface area contributed by atoms with Crippen LogP contribution in [0.25, 0.3) is 0 Å². The number of hydrogen-bond donors (Lipinski definition) is 1. The standard InChI is InChI=1S/C18H23NO2/c1-4-19(15-8-6-5-7-9-15)13-17(20)16-12-14(2)10-11-18(16)21-3/h5-12,17,20H,4,13H2,1-3H3. The predicted octanol–water partition coefficient (Wildman–Crippen LogP) is 3.56. The van der Waals surface area contributed by atoms with E-state index in [1.54, 1.807) is 7.11 Å². The van der Waals surface area contributed by atoms with E-state index < -0.39 is 6.10 Å². The van der Waals surface area contributed by atoms with Crippen LogP contribution in [0.2, 0.25) is 0 Å². The van der Waals surface area contributed by atoms with Gasteiger partial charge in [0.2, 0.25) is 0 Å². The van der Waals surface area contributed by atoms with Crippen LogP contribution in [0.5, 0.6) is 5.75 Å². The number of likely N-dealkylation sites (N-methyl/N-ethyl adjacent to an activating group) is 1. The Bertz CT molecular complexity index is 569. The first-order valence-corrected chi connectivity index (χ1v) is 7.28. The number of anilines is 1. The van der Waals surface area contributed by atoms with E-state index >= 15 is 0 Å². The van der Waals surface area contributed by atoms with Crippen LogP contribution in [0.1, 0.15) is 24.2 Å². The number of hydrogen-bond acceptors (Lipinski definition) is 3. The van der Waals surface area contributed by atoms with Crippen LogP contribution in [-0.2, 0) is 0 Å². The lowest BCUT2D eigenvalue weighted by molar-refractivity contribution is 0.179. The van der Waals surface area contributed by atoms with Crippen LogP contribution in [0.4, 0.5) is 5.69 Å². The summed E-state index contributed by atoms with van der Waals surface area (Å²) in [4.78, 5) is 2.16. The summed E-state index contributed by atoms with van der Waals surface area (Å²) in [6.07, 6.45) is -0.583. The molecule has 0 saturated carbocycles. The van der Waals surface area contributed by atoms with Crippen molar-refractivity contribution in [1.82, 2.24) is 0 Å². The first kappa shape index (κ1) is 15.4. The average Bonchev–Trinajstić information content (AvgIpc) is 2.53. The normalized spacial score (nSPS) is 12.0. The fourth-order valence-corrected chi connectivity index (χ4v) is 2.48. The van der Waals surface area contributed by atoms with Gasteiger partial charge in [-0.05, 0) is 38.1 Å². The zero-order valence-corrected chi connectivity index (χ0v) is 12.9. The Morgan fingerprint density at radius 2 is 1.86 bits per heavy atom. The largest absolute Gasteiger partial charge is 0.496 e. The molecule has 0 radical (unpaired) electrons. The lowest BCUT2D eigenvalue weighted by Gasteiger charge is -2.27. The second kappa shape index (κ2) is 7.14. The summed E-state index contributed by atoms with van der Waals surface area (Å²) in [5, 5.41) is 10.6. The van der Waals surface area contributed by atoms with Crippen LogP contribution < -0.4 is 9.64 Å². The zero-order chi connectivity index (χ0) is 15.2. The van der Waals surface area contributed by atoms with E-state index in [-0.39, 0.29) is 0 Å². The molecule has 2 aromatic carbocycles. The molecule has 0 aliphatic heterocycles. The molecule has 21 heavy (non-hydrogen) atoms. The van der Waals surface area contributed by atoms with Crippen LogP contribution in [0, 0.1) is 6.92 Å². The summed E-state index contributed by atoms with van der Waals surface area (Å²) in [6.45, 7) is 5.49. The first-order valence-electron chi connectivity index (χ1n) is 7.28. The number of aliphatic hydroxyl groups excluding tert-OH is 1. The third-order valence-corrected chi connectivity index (χ3v) is 3.64. The summed E-state index contributed by atoms with van der Waals surface area (Å²) in [5.74, 6) is 0.734. The van der Waals surface area contributed by atoms with Crippen molar-refractivity contribution in [1.29, 1.82) is 0 Å². The SMILES string of the molecule is CCN(CC(O)c1cc(C)ccc1OC)c1ccccc1. The fourth-order valence-electron chi connectivity index (χ4n) is 2.48. The topological polar surface area (TPSA) is 32.7 Å². The number of methoxy groups -OCH3 is 1. The number of para-hydroxylation sites is 1. The number of benzene rings is 2. The molecule has 3 nitrogen and oxygen atoms in total. The van der Waals surface area contributed by atoms with E-state index in [2.05, 4.69) is 24.0 Å². The minimum atomic E-state index is -0.583. The van der Waals surface area contributed by atoms with E-state index in [1.807, 2.05) is 43.3 Å². The van der Waals surface area contributed by atoms with E-state index in [1.165, 1.54) is 0 Å². The molecule has 0 aliphatic carbocycles. The van der Waals surface area contributed by atoms with Gasteiger partial charge in [-0.2, -0.15) is 0 Å². The molecule has 0 bridgehead atoms. The molecule has 112 valence electrons. The Hall–Kier alpha value is -2.00. The molecule has 0 spiro atoms. The van der Waals surface area contributed by atoms with Gasteiger partial charge in [0.25, 0.3) is 0 Å². The van der Waals surface area contributed by atoms with Crippen LogP contribution in [-0.4, -0.2) is 25.3 Å². The number of aliphatic hydroxyl groups is 1. The Morgan fingerprint density at radius 1 is 1.14 bits per heavy atom. The molecular formula is C18H23NO2. The molecule has 0 fully saturated rings. The lowest BCUT2D eigenvalue weighted by atomic mass is 10.0. The molecule has 3 heteroatoms. The number of rotatable bonds is 6. The average molecular weight is 285 g/mol. The summed E-state index contributed by atoms with van der Waals surface area (Å²) >= 11 is 0. The highest BCUT2D eigenvalue weighted by atomic mass is 16.5. The van der Waals surface area contributed by atoms with E-state index in [0.717, 1.165) is 29.1 Å². The summed E-state index contributed by atoms with van der Waals surface area (Å²) in [7, 11) is 1.63. The van der Waals surface area contributed by atoms with Crippen molar-refractivity contribution in [2.75, 3.05) is 25.1 Å². The summed E-state index contributed by atoms with van der Waals surface area (Å²) < 4.78 is 5.36. The van der Waals surface area contributed by atoms with Crippen molar-refractivity contribution >= 4 is 5.69 Å². The Balaban J connectivity index is 2.20. The third-order valence-electron chi connectivity index (χ3n) is 3.64.